The van der Waals surface area contributed by atoms with Crippen molar-refractivity contribution in [1.82, 2.24) is 15.5 Å². The van der Waals surface area contributed by atoms with Crippen LogP contribution < -0.4 is 10.6 Å². The van der Waals surface area contributed by atoms with Gasteiger partial charge in [0.05, 0.1) is 5.54 Å². The third-order valence-electron chi connectivity index (χ3n) is 3.47. The van der Waals surface area contributed by atoms with E-state index in [9.17, 15) is 9.59 Å². The van der Waals surface area contributed by atoms with E-state index in [2.05, 4.69) is 15.5 Å². The molecule has 1 heterocycles. The average Bonchev–Trinajstić information content (AvgIpc) is 2.36. The van der Waals surface area contributed by atoms with Gasteiger partial charge < -0.3 is 15.7 Å². The molecule has 1 aliphatic rings. The van der Waals surface area contributed by atoms with Gasteiger partial charge in [0.1, 0.15) is 6.04 Å². The van der Waals surface area contributed by atoms with Crippen molar-refractivity contribution in [2.75, 3.05) is 26.2 Å². The van der Waals surface area contributed by atoms with Crippen molar-refractivity contribution in [2.24, 2.45) is 0 Å². The zero-order valence-electron chi connectivity index (χ0n) is 11.3. The largest absolute Gasteiger partial charge is 0.480 e. The summed E-state index contributed by atoms with van der Waals surface area (Å²) in [7, 11) is 0. The molecule has 0 aromatic heterocycles. The van der Waals surface area contributed by atoms with E-state index in [0.29, 0.717) is 6.42 Å². The Morgan fingerprint density at radius 3 is 2.39 bits per heavy atom. The zero-order chi connectivity index (χ0) is 13.8. The summed E-state index contributed by atoms with van der Waals surface area (Å²) >= 11 is 0. The normalized spacial score (nSPS) is 19.3. The van der Waals surface area contributed by atoms with Crippen LogP contribution in [0.3, 0.4) is 0 Å². The highest BCUT2D eigenvalue weighted by molar-refractivity contribution is 5.89. The number of nitrogens with one attached hydrogen (secondary N) is 2. The topological polar surface area (TPSA) is 81.7 Å². The molecule has 0 radical (unpaired) electrons. The van der Waals surface area contributed by atoms with Crippen LogP contribution in [0.2, 0.25) is 0 Å². The Morgan fingerprint density at radius 1 is 1.39 bits per heavy atom. The van der Waals surface area contributed by atoms with E-state index in [0.717, 1.165) is 26.2 Å². The number of carboxylic acid groups (broad SMARTS) is 1. The maximum Gasteiger partial charge on any atom is 0.326 e. The summed E-state index contributed by atoms with van der Waals surface area (Å²) in [6, 6.07) is -0.806. The number of carboxylic acids is 1. The molecule has 0 saturated carbocycles. The molecule has 0 spiro atoms. The van der Waals surface area contributed by atoms with Gasteiger partial charge in [-0.2, -0.15) is 0 Å². The quantitative estimate of drug-likeness (QED) is 0.627. The molecule has 18 heavy (non-hydrogen) atoms. The molecule has 0 unspecified atom stereocenters. The molecule has 0 bridgehead atoms. The monoisotopic (exact) mass is 257 g/mol. The van der Waals surface area contributed by atoms with Crippen molar-refractivity contribution in [2.45, 2.75) is 38.8 Å². The number of hydrogen-bond acceptors (Lipinski definition) is 4. The van der Waals surface area contributed by atoms with E-state index >= 15 is 0 Å². The number of amides is 1. The first-order chi connectivity index (χ1) is 8.39. The Hall–Kier alpha value is -1.14. The Morgan fingerprint density at radius 2 is 1.94 bits per heavy atom. The van der Waals surface area contributed by atoms with Gasteiger partial charge >= 0.3 is 5.97 Å². The molecule has 1 fully saturated rings. The molecule has 1 atom stereocenters. The summed E-state index contributed by atoms with van der Waals surface area (Å²) in [4.78, 5) is 25.2. The molecule has 0 aromatic carbocycles. The van der Waals surface area contributed by atoms with E-state index in [-0.39, 0.29) is 5.91 Å². The molecule has 6 nitrogen and oxygen atoms in total. The average molecular weight is 257 g/mol. The zero-order valence-corrected chi connectivity index (χ0v) is 11.3. The molecule has 3 N–H and O–H groups in total. The Labute approximate surface area is 108 Å². The van der Waals surface area contributed by atoms with Crippen molar-refractivity contribution < 1.29 is 14.7 Å². The first kappa shape index (κ1) is 14.9. The first-order valence-electron chi connectivity index (χ1n) is 6.39. The lowest BCUT2D eigenvalue weighted by molar-refractivity contribution is -0.144. The molecule has 104 valence electrons. The predicted octanol–water partition coefficient (Wildman–Crippen LogP) is -0.350. The van der Waals surface area contributed by atoms with Crippen LogP contribution >= 0.6 is 0 Å². The lowest BCUT2D eigenvalue weighted by Gasteiger charge is -2.40. The summed E-state index contributed by atoms with van der Waals surface area (Å²) in [5.74, 6) is -1.21. The van der Waals surface area contributed by atoms with Crippen molar-refractivity contribution in [3.8, 4) is 0 Å². The van der Waals surface area contributed by atoms with Crippen LogP contribution in [0.1, 0.15) is 27.2 Å². The molecule has 1 aliphatic heterocycles. The third-order valence-corrected chi connectivity index (χ3v) is 3.47. The highest BCUT2D eigenvalue weighted by Gasteiger charge is 2.36. The van der Waals surface area contributed by atoms with E-state index in [1.54, 1.807) is 6.92 Å². The number of carbonyl (C=O) groups excluding carboxylic acids is 1. The second-order valence-electron chi connectivity index (χ2n) is 5.07. The van der Waals surface area contributed by atoms with Crippen molar-refractivity contribution in [1.29, 1.82) is 0 Å². The summed E-state index contributed by atoms with van der Waals surface area (Å²) in [5, 5.41) is 14.8. The maximum absolute atomic E-state index is 12.2. The highest BCUT2D eigenvalue weighted by Crippen LogP contribution is 2.15. The van der Waals surface area contributed by atoms with E-state index in [1.165, 1.54) is 0 Å². The molecular formula is C12H23N3O3. The summed E-state index contributed by atoms with van der Waals surface area (Å²) in [6.45, 7) is 8.72. The molecule has 6 heteroatoms. The summed E-state index contributed by atoms with van der Waals surface area (Å²) in [5.41, 5.74) is -0.676. The Bertz CT molecular complexity index is 312. The Kier molecular flexibility index (Phi) is 5.10. The second-order valence-corrected chi connectivity index (χ2v) is 5.07. The molecule has 1 saturated heterocycles. The van der Waals surface area contributed by atoms with E-state index < -0.39 is 17.6 Å². The van der Waals surface area contributed by atoms with Gasteiger partial charge in [-0.1, -0.05) is 6.92 Å². The predicted molar refractivity (Wildman–Crippen MR) is 68.4 cm³/mol. The molecule has 0 aliphatic carbocycles. The minimum atomic E-state index is -0.984. The van der Waals surface area contributed by atoms with Crippen LogP contribution in [0.25, 0.3) is 0 Å². The molecule has 1 amide bonds. The van der Waals surface area contributed by atoms with Gasteiger partial charge in [0.25, 0.3) is 0 Å². The van der Waals surface area contributed by atoms with Crippen molar-refractivity contribution in [3.05, 3.63) is 0 Å². The summed E-state index contributed by atoms with van der Waals surface area (Å²) < 4.78 is 0. The lowest BCUT2D eigenvalue weighted by Crippen LogP contribution is -2.61. The molecular weight excluding hydrogens is 234 g/mol. The highest BCUT2D eigenvalue weighted by atomic mass is 16.4. The minimum Gasteiger partial charge on any atom is -0.480 e. The van der Waals surface area contributed by atoms with Gasteiger partial charge in [-0.15, -0.1) is 0 Å². The second kappa shape index (κ2) is 6.15. The van der Waals surface area contributed by atoms with Gasteiger partial charge in [-0.05, 0) is 20.3 Å². The van der Waals surface area contributed by atoms with Gasteiger partial charge in [-0.25, -0.2) is 4.79 Å². The van der Waals surface area contributed by atoms with Crippen molar-refractivity contribution in [3.63, 3.8) is 0 Å². The van der Waals surface area contributed by atoms with Gasteiger partial charge in [0, 0.05) is 26.2 Å². The van der Waals surface area contributed by atoms with Crippen LogP contribution in [-0.2, 0) is 9.59 Å². The fourth-order valence-corrected chi connectivity index (χ4v) is 2.04. The van der Waals surface area contributed by atoms with Crippen LogP contribution in [0.4, 0.5) is 0 Å². The van der Waals surface area contributed by atoms with Gasteiger partial charge in [0.2, 0.25) is 5.91 Å². The van der Waals surface area contributed by atoms with Gasteiger partial charge in [0.15, 0.2) is 0 Å². The first-order valence-corrected chi connectivity index (χ1v) is 6.39. The molecule has 1 rings (SSSR count). The SMILES string of the molecule is CC[C@@H](NC(=O)C(C)(C)N1CCNCC1)C(=O)O. The fraction of sp³-hybridized carbons (Fsp3) is 0.833. The number of carbonyl (C=O) groups is 2. The number of aliphatic carboxylic acids is 1. The van der Waals surface area contributed by atoms with Crippen LogP contribution in [0.5, 0.6) is 0 Å². The van der Waals surface area contributed by atoms with Crippen LogP contribution in [0.15, 0.2) is 0 Å². The summed E-state index contributed by atoms with van der Waals surface area (Å²) in [6.07, 6.45) is 0.388. The number of nitrogens with zero attached hydrogens (tertiary/aromatic N) is 1. The lowest BCUT2D eigenvalue weighted by atomic mass is 9.99. The van der Waals surface area contributed by atoms with E-state index in [1.807, 2.05) is 13.8 Å². The van der Waals surface area contributed by atoms with Crippen LogP contribution in [-0.4, -0.2) is 59.6 Å². The van der Waals surface area contributed by atoms with E-state index in [4.69, 9.17) is 5.11 Å². The Balaban J connectivity index is 2.65. The number of piperazine rings is 1. The third kappa shape index (κ3) is 3.43. The van der Waals surface area contributed by atoms with Crippen LogP contribution in [0, 0.1) is 0 Å². The van der Waals surface area contributed by atoms with Gasteiger partial charge in [-0.3, -0.25) is 9.69 Å². The van der Waals surface area contributed by atoms with Crippen molar-refractivity contribution >= 4 is 11.9 Å². The molecule has 0 aromatic rings. The number of hydrogen-bond donors (Lipinski definition) is 3. The smallest absolute Gasteiger partial charge is 0.326 e. The fourth-order valence-electron chi connectivity index (χ4n) is 2.04. The number of rotatable bonds is 5. The standard InChI is InChI=1S/C12H23N3O3/c1-4-9(10(16)17)14-11(18)12(2,3)15-7-5-13-6-8-15/h9,13H,4-8H2,1-3H3,(H,14,18)(H,16,17)/t9-/m1/s1. The minimum absolute atomic E-state index is 0.223. The maximum atomic E-state index is 12.2.